The van der Waals surface area contributed by atoms with Crippen molar-refractivity contribution in [2.75, 3.05) is 39.5 Å². The van der Waals surface area contributed by atoms with E-state index in [4.69, 9.17) is 19.9 Å². The molecule has 4 rings (SSSR count). The summed E-state index contributed by atoms with van der Waals surface area (Å²) in [6, 6.07) is 0. The molecule has 3 N–H and O–H groups in total. The van der Waals surface area contributed by atoms with E-state index in [0.29, 0.717) is 30.8 Å². The monoisotopic (exact) mass is 518 g/mol. The van der Waals surface area contributed by atoms with Crippen LogP contribution in [0.15, 0.2) is 24.8 Å². The van der Waals surface area contributed by atoms with Crippen LogP contribution in [0.4, 0.5) is 4.79 Å². The molecule has 2 unspecified atom stereocenters. The number of amides is 1. The number of rotatable bonds is 7. The molecule has 10 heteroatoms. The smallest absolute Gasteiger partial charge is 0.407 e. The second kappa shape index (κ2) is 13.9. The fraction of sp³-hybridized carbons (Fsp3) is 0.741. The van der Waals surface area contributed by atoms with Crippen LogP contribution < -0.4 is 11.1 Å². The Balaban J connectivity index is 0.000000220. The first-order chi connectivity index (χ1) is 17.7. The van der Waals surface area contributed by atoms with E-state index in [9.17, 15) is 4.79 Å². The van der Waals surface area contributed by atoms with Gasteiger partial charge in [0.05, 0.1) is 12.4 Å². The van der Waals surface area contributed by atoms with Gasteiger partial charge in [-0.2, -0.15) is 10.2 Å². The standard InChI is InChI=1S/C16H27N3O3.C11H19N3O/c1-16(2,3)22-15(20)17-10-14(12-5-7-21-8-6-12)13-9-18-19(4)11-13;1-14-8-10(7-13-14)11(6-12)9-2-4-15-5-3-9/h9,11-12,14H,5-8,10H2,1-4H3,(H,17,20);7-9,11H,2-6,12H2,1H3. The first kappa shape index (κ1) is 29.1. The third kappa shape index (κ3) is 9.43. The van der Waals surface area contributed by atoms with Gasteiger partial charge in [0.25, 0.3) is 0 Å². The summed E-state index contributed by atoms with van der Waals surface area (Å²) < 4.78 is 19.8. The van der Waals surface area contributed by atoms with Crippen molar-refractivity contribution in [3.63, 3.8) is 0 Å². The number of ether oxygens (including phenoxy) is 3. The fourth-order valence-electron chi connectivity index (χ4n) is 5.16. The van der Waals surface area contributed by atoms with Gasteiger partial charge in [0, 0.05) is 71.3 Å². The van der Waals surface area contributed by atoms with E-state index in [0.717, 1.165) is 57.7 Å². The van der Waals surface area contributed by atoms with Crippen LogP contribution in [0.25, 0.3) is 0 Å². The van der Waals surface area contributed by atoms with Crippen LogP contribution in [0.1, 0.15) is 69.4 Å². The molecule has 2 atom stereocenters. The van der Waals surface area contributed by atoms with Crippen molar-refractivity contribution in [1.29, 1.82) is 0 Å². The molecular formula is C27H46N6O4. The van der Waals surface area contributed by atoms with Crippen LogP contribution in [0.2, 0.25) is 0 Å². The van der Waals surface area contributed by atoms with E-state index >= 15 is 0 Å². The van der Waals surface area contributed by atoms with Crippen molar-refractivity contribution in [2.24, 2.45) is 31.7 Å². The minimum Gasteiger partial charge on any atom is -0.444 e. The number of hydrogen-bond acceptors (Lipinski definition) is 7. The van der Waals surface area contributed by atoms with Gasteiger partial charge >= 0.3 is 6.09 Å². The molecular weight excluding hydrogens is 472 g/mol. The molecule has 1 amide bonds. The summed E-state index contributed by atoms with van der Waals surface area (Å²) in [5, 5.41) is 11.4. The maximum Gasteiger partial charge on any atom is 0.407 e. The molecule has 208 valence electrons. The van der Waals surface area contributed by atoms with Crippen LogP contribution in [-0.2, 0) is 28.3 Å². The average Bonchev–Trinajstić information content (AvgIpc) is 3.49. The molecule has 0 saturated carbocycles. The lowest BCUT2D eigenvalue weighted by molar-refractivity contribution is 0.0472. The summed E-state index contributed by atoms with van der Waals surface area (Å²) in [7, 11) is 3.85. The molecule has 2 aliphatic rings. The second-order valence-corrected chi connectivity index (χ2v) is 11.1. The van der Waals surface area contributed by atoms with E-state index < -0.39 is 5.60 Å². The number of nitrogens with two attached hydrogens (primary N) is 1. The number of aryl methyl sites for hydroxylation is 2. The summed E-state index contributed by atoms with van der Waals surface area (Å²) in [5.41, 5.74) is 7.82. The van der Waals surface area contributed by atoms with Gasteiger partial charge < -0.3 is 25.3 Å². The maximum atomic E-state index is 11.9. The Kier molecular flexibility index (Phi) is 11.0. The van der Waals surface area contributed by atoms with E-state index in [1.807, 2.05) is 58.1 Å². The summed E-state index contributed by atoms with van der Waals surface area (Å²) in [6.07, 6.45) is 11.8. The topological polar surface area (TPSA) is 118 Å². The lowest BCUT2D eigenvalue weighted by atomic mass is 9.82. The van der Waals surface area contributed by atoms with E-state index in [1.54, 1.807) is 4.68 Å². The minimum absolute atomic E-state index is 0.241. The molecule has 37 heavy (non-hydrogen) atoms. The van der Waals surface area contributed by atoms with Gasteiger partial charge in [-0.3, -0.25) is 9.36 Å². The van der Waals surface area contributed by atoms with Crippen LogP contribution in [-0.4, -0.2) is 70.8 Å². The number of aromatic nitrogens is 4. The lowest BCUT2D eigenvalue weighted by Crippen LogP contribution is -2.37. The van der Waals surface area contributed by atoms with Gasteiger partial charge in [0.1, 0.15) is 5.60 Å². The molecule has 0 bridgehead atoms. The molecule has 2 saturated heterocycles. The highest BCUT2D eigenvalue weighted by Gasteiger charge is 2.28. The predicted octanol–water partition coefficient (Wildman–Crippen LogP) is 3.34. The molecule has 2 aliphatic heterocycles. The largest absolute Gasteiger partial charge is 0.444 e. The Hall–Kier alpha value is -2.43. The van der Waals surface area contributed by atoms with Crippen molar-refractivity contribution >= 4 is 6.09 Å². The zero-order valence-corrected chi connectivity index (χ0v) is 23.2. The first-order valence-electron chi connectivity index (χ1n) is 13.5. The molecule has 0 aromatic carbocycles. The van der Waals surface area contributed by atoms with Crippen LogP contribution in [0.5, 0.6) is 0 Å². The predicted molar refractivity (Wildman–Crippen MR) is 142 cm³/mol. The Morgan fingerprint density at radius 2 is 1.43 bits per heavy atom. The molecule has 2 aromatic heterocycles. The van der Waals surface area contributed by atoms with Crippen molar-refractivity contribution < 1.29 is 19.0 Å². The van der Waals surface area contributed by atoms with Gasteiger partial charge in [-0.05, 0) is 76.0 Å². The van der Waals surface area contributed by atoms with Gasteiger partial charge in [-0.1, -0.05) is 0 Å². The normalized spacial score (nSPS) is 19.0. The summed E-state index contributed by atoms with van der Waals surface area (Å²) in [4.78, 5) is 11.9. The highest BCUT2D eigenvalue weighted by atomic mass is 16.6. The number of carbonyl (C=O) groups is 1. The van der Waals surface area contributed by atoms with Gasteiger partial charge in [-0.15, -0.1) is 0 Å². The maximum absolute atomic E-state index is 11.9. The summed E-state index contributed by atoms with van der Waals surface area (Å²) >= 11 is 0. The average molecular weight is 519 g/mol. The van der Waals surface area contributed by atoms with Crippen LogP contribution >= 0.6 is 0 Å². The molecule has 0 aliphatic carbocycles. The van der Waals surface area contributed by atoms with Crippen molar-refractivity contribution in [3.05, 3.63) is 35.9 Å². The Labute approximate surface area is 221 Å². The lowest BCUT2D eigenvalue weighted by Gasteiger charge is -2.30. The fourth-order valence-corrected chi connectivity index (χ4v) is 5.16. The molecule has 2 aromatic rings. The van der Waals surface area contributed by atoms with Gasteiger partial charge in [-0.25, -0.2) is 4.79 Å². The van der Waals surface area contributed by atoms with Crippen LogP contribution in [0, 0.1) is 11.8 Å². The Bertz CT molecular complexity index is 941. The Morgan fingerprint density at radius 3 is 1.84 bits per heavy atom. The van der Waals surface area contributed by atoms with Gasteiger partial charge in [0.2, 0.25) is 0 Å². The molecule has 2 fully saturated rings. The number of nitrogens with zero attached hydrogens (tertiary/aromatic N) is 4. The van der Waals surface area contributed by atoms with E-state index in [-0.39, 0.29) is 12.0 Å². The molecule has 0 spiro atoms. The molecule has 10 nitrogen and oxygen atoms in total. The second-order valence-electron chi connectivity index (χ2n) is 11.1. The van der Waals surface area contributed by atoms with Crippen molar-refractivity contribution in [1.82, 2.24) is 24.9 Å². The van der Waals surface area contributed by atoms with E-state index in [1.165, 1.54) is 5.56 Å². The number of alkyl carbamates (subject to hydrolysis) is 1. The number of carbonyl (C=O) groups excluding carboxylic acids is 1. The SMILES string of the molecule is Cn1cc(C(CN)C2CCOCC2)cn1.Cn1cc(C(CNC(=O)OC(C)(C)C)C2CCOCC2)cn1. The van der Waals surface area contributed by atoms with Gasteiger partial charge in [0.15, 0.2) is 0 Å². The zero-order valence-electron chi connectivity index (χ0n) is 23.2. The highest BCUT2D eigenvalue weighted by Crippen LogP contribution is 2.32. The third-order valence-electron chi connectivity index (χ3n) is 7.10. The number of nitrogens with one attached hydrogen (secondary N) is 1. The van der Waals surface area contributed by atoms with Crippen molar-refractivity contribution in [2.45, 2.75) is 63.9 Å². The third-order valence-corrected chi connectivity index (χ3v) is 7.10. The quantitative estimate of drug-likeness (QED) is 0.577. The molecule has 0 radical (unpaired) electrons. The zero-order chi connectivity index (χ0) is 26.8. The summed E-state index contributed by atoms with van der Waals surface area (Å²) in [5.74, 6) is 1.84. The Morgan fingerprint density at radius 1 is 0.973 bits per heavy atom. The van der Waals surface area contributed by atoms with Crippen molar-refractivity contribution in [3.8, 4) is 0 Å². The first-order valence-corrected chi connectivity index (χ1v) is 13.5. The molecule has 4 heterocycles. The minimum atomic E-state index is -0.480. The van der Waals surface area contributed by atoms with E-state index in [2.05, 4.69) is 21.7 Å². The summed E-state index contributed by atoms with van der Waals surface area (Å²) in [6.45, 7) is 10.2. The van der Waals surface area contributed by atoms with Crippen LogP contribution in [0.3, 0.4) is 0 Å². The highest BCUT2D eigenvalue weighted by molar-refractivity contribution is 5.67. The number of hydrogen-bond donors (Lipinski definition) is 2.